The van der Waals surface area contributed by atoms with Crippen molar-refractivity contribution in [2.45, 2.75) is 57.5 Å². The average molecular weight is 343 g/mol. The lowest BCUT2D eigenvalue weighted by Crippen LogP contribution is -2.51. The number of piperidine rings is 1. The van der Waals surface area contributed by atoms with E-state index in [1.165, 1.54) is 11.1 Å². The number of carbonyl (C=O) groups is 2. The molecule has 136 valence electrons. The molecule has 5 heteroatoms. The van der Waals surface area contributed by atoms with Crippen LogP contribution in [0, 0.1) is 6.92 Å². The second kappa shape index (κ2) is 8.00. The number of carbonyl (C=O) groups excluding carboxylic acids is 2. The summed E-state index contributed by atoms with van der Waals surface area (Å²) in [6, 6.07) is 8.68. The van der Waals surface area contributed by atoms with Crippen molar-refractivity contribution in [3.05, 3.63) is 35.4 Å². The molecule has 2 saturated heterocycles. The first-order valence-corrected chi connectivity index (χ1v) is 9.43. The average Bonchev–Trinajstić information content (AvgIpc) is 3.11. The number of benzene rings is 1. The number of aryl methyl sites for hydroxylation is 2. The van der Waals surface area contributed by atoms with Gasteiger partial charge in [0.25, 0.3) is 0 Å². The van der Waals surface area contributed by atoms with E-state index in [0.29, 0.717) is 12.5 Å². The molecule has 2 N–H and O–H groups in total. The molecule has 0 saturated carbocycles. The SMILES string of the molecule is Cc1ccc(CCC(=O)N2CCC(N3CCCC3C(N)=O)CC2)cc1. The maximum atomic E-state index is 12.5. The van der Waals surface area contributed by atoms with E-state index >= 15 is 0 Å². The second-order valence-electron chi connectivity index (χ2n) is 7.40. The highest BCUT2D eigenvalue weighted by molar-refractivity contribution is 5.80. The van der Waals surface area contributed by atoms with E-state index in [9.17, 15) is 9.59 Å². The van der Waals surface area contributed by atoms with Crippen molar-refractivity contribution in [1.29, 1.82) is 0 Å². The molecule has 0 spiro atoms. The fourth-order valence-electron chi connectivity index (χ4n) is 4.14. The van der Waals surface area contributed by atoms with Crippen molar-refractivity contribution >= 4 is 11.8 Å². The molecule has 3 rings (SSSR count). The van der Waals surface area contributed by atoms with Gasteiger partial charge in [0.2, 0.25) is 11.8 Å². The van der Waals surface area contributed by atoms with Gasteiger partial charge in [-0.1, -0.05) is 29.8 Å². The van der Waals surface area contributed by atoms with Gasteiger partial charge in [-0.25, -0.2) is 0 Å². The first kappa shape index (κ1) is 17.9. The van der Waals surface area contributed by atoms with E-state index in [1.54, 1.807) is 0 Å². The lowest BCUT2D eigenvalue weighted by atomic mass is 10.0. The predicted octanol–water partition coefficient (Wildman–Crippen LogP) is 1.87. The summed E-state index contributed by atoms with van der Waals surface area (Å²) in [6.45, 7) is 4.61. The molecule has 1 aromatic carbocycles. The molecule has 0 aromatic heterocycles. The number of hydrogen-bond acceptors (Lipinski definition) is 3. The molecule has 2 aliphatic rings. The van der Waals surface area contributed by atoms with Crippen LogP contribution in [0.2, 0.25) is 0 Å². The first-order valence-electron chi connectivity index (χ1n) is 9.43. The monoisotopic (exact) mass is 343 g/mol. The van der Waals surface area contributed by atoms with Crippen LogP contribution >= 0.6 is 0 Å². The summed E-state index contributed by atoms with van der Waals surface area (Å²) in [5, 5.41) is 0. The zero-order chi connectivity index (χ0) is 17.8. The van der Waals surface area contributed by atoms with Gasteiger partial charge < -0.3 is 10.6 Å². The molecular formula is C20H29N3O2. The minimum Gasteiger partial charge on any atom is -0.368 e. The van der Waals surface area contributed by atoms with Crippen LogP contribution < -0.4 is 5.73 Å². The number of likely N-dealkylation sites (tertiary alicyclic amines) is 2. The highest BCUT2D eigenvalue weighted by atomic mass is 16.2. The van der Waals surface area contributed by atoms with Crippen molar-refractivity contribution in [2.75, 3.05) is 19.6 Å². The molecule has 2 heterocycles. The Balaban J connectivity index is 1.46. The van der Waals surface area contributed by atoms with E-state index in [2.05, 4.69) is 36.1 Å². The number of nitrogens with two attached hydrogens (primary N) is 1. The predicted molar refractivity (Wildman–Crippen MR) is 98.0 cm³/mol. The van der Waals surface area contributed by atoms with E-state index < -0.39 is 0 Å². The molecule has 25 heavy (non-hydrogen) atoms. The summed E-state index contributed by atoms with van der Waals surface area (Å²) < 4.78 is 0. The quantitative estimate of drug-likeness (QED) is 0.887. The van der Waals surface area contributed by atoms with Gasteiger partial charge in [-0.2, -0.15) is 0 Å². The Hall–Kier alpha value is -1.88. The molecular weight excluding hydrogens is 314 g/mol. The van der Waals surface area contributed by atoms with E-state index in [-0.39, 0.29) is 17.9 Å². The molecule has 1 unspecified atom stereocenters. The Bertz CT molecular complexity index is 606. The summed E-state index contributed by atoms with van der Waals surface area (Å²) >= 11 is 0. The Morgan fingerprint density at radius 3 is 2.40 bits per heavy atom. The van der Waals surface area contributed by atoms with Crippen LogP contribution in [0.4, 0.5) is 0 Å². The minimum absolute atomic E-state index is 0.103. The third kappa shape index (κ3) is 4.40. The molecule has 5 nitrogen and oxygen atoms in total. The van der Waals surface area contributed by atoms with Crippen molar-refractivity contribution < 1.29 is 9.59 Å². The fraction of sp³-hybridized carbons (Fsp3) is 0.600. The van der Waals surface area contributed by atoms with E-state index in [4.69, 9.17) is 5.73 Å². The minimum atomic E-state index is -0.200. The van der Waals surface area contributed by atoms with Crippen LogP contribution in [0.15, 0.2) is 24.3 Å². The van der Waals surface area contributed by atoms with Gasteiger partial charge >= 0.3 is 0 Å². The molecule has 1 aromatic rings. The van der Waals surface area contributed by atoms with Gasteiger partial charge in [0.15, 0.2) is 0 Å². The van der Waals surface area contributed by atoms with Crippen LogP contribution in [0.3, 0.4) is 0 Å². The van der Waals surface area contributed by atoms with E-state index in [1.807, 2.05) is 4.90 Å². The Kier molecular flexibility index (Phi) is 5.74. The van der Waals surface area contributed by atoms with Gasteiger partial charge in [-0.15, -0.1) is 0 Å². The topological polar surface area (TPSA) is 66.6 Å². The smallest absolute Gasteiger partial charge is 0.234 e. The van der Waals surface area contributed by atoms with Crippen LogP contribution in [-0.2, 0) is 16.0 Å². The largest absolute Gasteiger partial charge is 0.368 e. The first-order chi connectivity index (χ1) is 12.0. The summed E-state index contributed by atoms with van der Waals surface area (Å²) in [7, 11) is 0. The zero-order valence-electron chi connectivity index (χ0n) is 15.1. The van der Waals surface area contributed by atoms with Crippen LogP contribution in [0.1, 0.15) is 43.2 Å². The molecule has 0 bridgehead atoms. The molecule has 2 fully saturated rings. The highest BCUT2D eigenvalue weighted by Crippen LogP contribution is 2.26. The van der Waals surface area contributed by atoms with E-state index in [0.717, 1.165) is 51.7 Å². The van der Waals surface area contributed by atoms with Gasteiger partial charge in [-0.3, -0.25) is 14.5 Å². The van der Waals surface area contributed by atoms with Crippen LogP contribution in [0.5, 0.6) is 0 Å². The second-order valence-corrected chi connectivity index (χ2v) is 7.40. The third-order valence-corrected chi connectivity index (χ3v) is 5.66. The maximum absolute atomic E-state index is 12.5. The number of nitrogens with zero attached hydrogens (tertiary/aromatic N) is 2. The number of hydrogen-bond donors (Lipinski definition) is 1. The van der Waals surface area contributed by atoms with Gasteiger partial charge in [0, 0.05) is 25.6 Å². The van der Waals surface area contributed by atoms with Gasteiger partial charge in [0.1, 0.15) is 0 Å². The van der Waals surface area contributed by atoms with Gasteiger partial charge in [0.05, 0.1) is 6.04 Å². The van der Waals surface area contributed by atoms with Crippen molar-refractivity contribution in [1.82, 2.24) is 9.80 Å². The molecule has 2 aliphatic heterocycles. The maximum Gasteiger partial charge on any atom is 0.234 e. The molecule has 2 amide bonds. The van der Waals surface area contributed by atoms with Crippen molar-refractivity contribution in [3.63, 3.8) is 0 Å². The normalized spacial score (nSPS) is 22.3. The summed E-state index contributed by atoms with van der Waals surface area (Å²) in [5.74, 6) is 0.0426. The summed E-state index contributed by atoms with van der Waals surface area (Å²) in [5.41, 5.74) is 7.99. The van der Waals surface area contributed by atoms with Gasteiger partial charge in [-0.05, 0) is 51.1 Å². The fourth-order valence-corrected chi connectivity index (χ4v) is 4.14. The Morgan fingerprint density at radius 1 is 1.08 bits per heavy atom. The molecule has 0 aliphatic carbocycles. The third-order valence-electron chi connectivity index (χ3n) is 5.66. The number of primary amides is 1. The zero-order valence-corrected chi connectivity index (χ0v) is 15.1. The van der Waals surface area contributed by atoms with Crippen LogP contribution in [0.25, 0.3) is 0 Å². The molecule has 1 atom stereocenters. The molecule has 0 radical (unpaired) electrons. The highest BCUT2D eigenvalue weighted by Gasteiger charge is 2.36. The van der Waals surface area contributed by atoms with Crippen LogP contribution in [-0.4, -0.2) is 53.3 Å². The van der Waals surface area contributed by atoms with Crippen molar-refractivity contribution in [3.8, 4) is 0 Å². The number of rotatable bonds is 5. The summed E-state index contributed by atoms with van der Waals surface area (Å²) in [4.78, 5) is 28.3. The number of amides is 2. The standard InChI is InChI=1S/C20H29N3O2/c1-15-4-6-16(7-5-15)8-9-19(24)22-13-10-17(11-14-22)23-12-2-3-18(23)20(21)25/h4-7,17-18H,2-3,8-14H2,1H3,(H2,21,25). The lowest BCUT2D eigenvalue weighted by Gasteiger charge is -2.38. The Morgan fingerprint density at radius 2 is 1.76 bits per heavy atom. The van der Waals surface area contributed by atoms with Crippen molar-refractivity contribution in [2.24, 2.45) is 5.73 Å². The lowest BCUT2D eigenvalue weighted by molar-refractivity contribution is -0.133. The Labute approximate surface area is 150 Å². The summed E-state index contributed by atoms with van der Waals surface area (Å²) in [6.07, 6.45) is 5.19.